The Balaban J connectivity index is 2.25. The summed E-state index contributed by atoms with van der Waals surface area (Å²) >= 11 is -1.09. The molecule has 3 nitrogen and oxygen atoms in total. The second-order valence-electron chi connectivity index (χ2n) is 2.88. The van der Waals surface area contributed by atoms with Crippen molar-refractivity contribution in [3.63, 3.8) is 0 Å². The molecule has 1 rings (SSSR count). The molecule has 0 radical (unpaired) electrons. The molecular weight excluding hydrogens is 247 g/mol. The Labute approximate surface area is 73.6 Å². The van der Waals surface area contributed by atoms with E-state index in [0.29, 0.717) is 6.54 Å². The zero-order valence-electron chi connectivity index (χ0n) is 6.98. The summed E-state index contributed by atoms with van der Waals surface area (Å²) in [5.74, 6) is -0.254. The molecule has 1 heterocycles. The van der Waals surface area contributed by atoms with Crippen molar-refractivity contribution in [3.05, 3.63) is 0 Å². The third-order valence-electron chi connectivity index (χ3n) is 2.07. The van der Waals surface area contributed by atoms with Crippen molar-refractivity contribution >= 4 is 28.8 Å². The average Bonchev–Trinajstić information content (AvgIpc) is 2.56. The van der Waals surface area contributed by atoms with Crippen molar-refractivity contribution in [3.8, 4) is 0 Å². The van der Waals surface area contributed by atoms with Crippen LogP contribution in [0.1, 0.15) is 13.3 Å². The molecule has 0 spiro atoms. The molecule has 4 heteroatoms. The van der Waals surface area contributed by atoms with Crippen molar-refractivity contribution in [2.75, 3.05) is 6.54 Å². The van der Waals surface area contributed by atoms with Gasteiger partial charge in [-0.3, -0.25) is 0 Å². The SMILES string of the molecule is CC[CH]1[C](NCC(N)=O)=[Sn]1[CH3]. The minimum atomic E-state index is -1.09. The topological polar surface area (TPSA) is 55.1 Å². The molecule has 1 aliphatic heterocycles. The van der Waals surface area contributed by atoms with E-state index in [1.165, 1.54) is 10.1 Å². The van der Waals surface area contributed by atoms with Crippen LogP contribution < -0.4 is 11.1 Å². The quantitative estimate of drug-likeness (QED) is 0.682. The van der Waals surface area contributed by atoms with Crippen LogP contribution in [-0.4, -0.2) is 35.4 Å². The zero-order valence-corrected chi connectivity index (χ0v) is 9.83. The van der Waals surface area contributed by atoms with Gasteiger partial charge in [0.2, 0.25) is 0 Å². The first-order valence-corrected chi connectivity index (χ1v) is 9.82. The van der Waals surface area contributed by atoms with Crippen LogP contribution in [-0.2, 0) is 4.79 Å². The molecule has 1 unspecified atom stereocenters. The van der Waals surface area contributed by atoms with Crippen molar-refractivity contribution in [1.29, 1.82) is 0 Å². The number of hydrogen-bond donors (Lipinski definition) is 2. The molecule has 0 saturated carbocycles. The maximum atomic E-state index is 10.4. The summed E-state index contributed by atoms with van der Waals surface area (Å²) in [5.41, 5.74) is 5.01. The Bertz CT molecular complexity index is 212. The van der Waals surface area contributed by atoms with E-state index < -0.39 is 19.3 Å². The minimum absolute atomic E-state index is 0.254. The van der Waals surface area contributed by atoms with Crippen LogP contribution in [0.2, 0.25) is 8.87 Å². The van der Waals surface area contributed by atoms with Gasteiger partial charge < -0.3 is 0 Å². The fourth-order valence-electron chi connectivity index (χ4n) is 1.35. The van der Waals surface area contributed by atoms with Crippen molar-refractivity contribution in [2.45, 2.75) is 22.2 Å². The molecule has 1 amide bonds. The Morgan fingerprint density at radius 3 is 2.82 bits per heavy atom. The number of amides is 1. The van der Waals surface area contributed by atoms with E-state index in [4.69, 9.17) is 5.73 Å². The number of nitrogens with two attached hydrogens (primary N) is 1. The number of primary amides is 1. The predicted molar refractivity (Wildman–Crippen MR) is 47.9 cm³/mol. The first kappa shape index (κ1) is 9.19. The zero-order chi connectivity index (χ0) is 8.43. The van der Waals surface area contributed by atoms with Gasteiger partial charge in [-0.15, -0.1) is 0 Å². The number of rotatable bonds is 4. The second-order valence-corrected chi connectivity index (χ2v) is 10.3. The van der Waals surface area contributed by atoms with E-state index in [1.54, 1.807) is 0 Å². The monoisotopic (exact) mass is 262 g/mol. The van der Waals surface area contributed by atoms with Crippen LogP contribution in [0.3, 0.4) is 0 Å². The standard InChI is InChI=1S/C6H11N2O.CH3.Sn/c1-2-3-4-8-5-6(7)9;;/h3,8H,2,5H2,1H3,(H2,7,9);1H3;. The molecule has 0 saturated heterocycles. The average molecular weight is 261 g/mol. The molecule has 0 fully saturated rings. The van der Waals surface area contributed by atoms with Gasteiger partial charge in [0.25, 0.3) is 0 Å². The van der Waals surface area contributed by atoms with Crippen LogP contribution in [0.15, 0.2) is 0 Å². The Morgan fingerprint density at radius 2 is 2.45 bits per heavy atom. The Hall–Kier alpha value is 0.0987. The van der Waals surface area contributed by atoms with E-state index in [2.05, 4.69) is 17.2 Å². The van der Waals surface area contributed by atoms with E-state index in [-0.39, 0.29) is 5.91 Å². The van der Waals surface area contributed by atoms with Crippen molar-refractivity contribution < 1.29 is 4.79 Å². The molecule has 1 atom stereocenters. The summed E-state index contributed by atoms with van der Waals surface area (Å²) in [6.07, 6.45) is 1.24. The van der Waals surface area contributed by atoms with Crippen LogP contribution in [0, 0.1) is 0 Å². The van der Waals surface area contributed by atoms with Gasteiger partial charge in [0.05, 0.1) is 0 Å². The molecule has 11 heavy (non-hydrogen) atoms. The third kappa shape index (κ3) is 2.27. The molecule has 0 bridgehead atoms. The summed E-state index contributed by atoms with van der Waals surface area (Å²) in [7, 11) is 0. The summed E-state index contributed by atoms with van der Waals surface area (Å²) in [4.78, 5) is 12.8. The third-order valence-corrected chi connectivity index (χ3v) is 10.1. The molecular formula is C7H14N2OSn. The fraction of sp³-hybridized carbons (Fsp3) is 0.714. The van der Waals surface area contributed by atoms with Gasteiger partial charge in [-0.25, -0.2) is 0 Å². The van der Waals surface area contributed by atoms with Crippen LogP contribution in [0.25, 0.3) is 0 Å². The van der Waals surface area contributed by atoms with Crippen molar-refractivity contribution in [1.82, 2.24) is 5.32 Å². The van der Waals surface area contributed by atoms with Gasteiger partial charge in [-0.1, -0.05) is 0 Å². The number of hydrogen-bond acceptors (Lipinski definition) is 2. The first-order valence-electron chi connectivity index (χ1n) is 3.89. The van der Waals surface area contributed by atoms with Gasteiger partial charge in [0.1, 0.15) is 0 Å². The van der Waals surface area contributed by atoms with Gasteiger partial charge in [0, 0.05) is 0 Å². The molecule has 1 aliphatic rings. The molecule has 3 N–H and O–H groups in total. The summed E-state index contributed by atoms with van der Waals surface area (Å²) in [6.45, 7) is 2.54. The summed E-state index contributed by atoms with van der Waals surface area (Å²) in [6, 6.07) is 0. The van der Waals surface area contributed by atoms with E-state index in [9.17, 15) is 4.79 Å². The second kappa shape index (κ2) is 3.67. The van der Waals surface area contributed by atoms with Crippen LogP contribution >= 0.6 is 0 Å². The van der Waals surface area contributed by atoms with E-state index >= 15 is 0 Å². The molecule has 0 aromatic carbocycles. The molecule has 0 aromatic rings. The van der Waals surface area contributed by atoms with Gasteiger partial charge in [0.15, 0.2) is 0 Å². The van der Waals surface area contributed by atoms with E-state index in [0.717, 1.165) is 3.93 Å². The molecule has 62 valence electrons. The van der Waals surface area contributed by atoms with Gasteiger partial charge in [-0.05, 0) is 0 Å². The van der Waals surface area contributed by atoms with Gasteiger partial charge in [-0.2, -0.15) is 0 Å². The number of carbonyl (C=O) groups excluding carboxylic acids is 1. The number of nitrogens with one attached hydrogen (secondary N) is 1. The normalized spacial score (nSPS) is 22.2. The maximum absolute atomic E-state index is 10.4. The Morgan fingerprint density at radius 1 is 1.82 bits per heavy atom. The summed E-state index contributed by atoms with van der Waals surface area (Å²) < 4.78 is 2.37. The first-order chi connectivity index (χ1) is 5.16. The molecule has 0 aliphatic carbocycles. The summed E-state index contributed by atoms with van der Waals surface area (Å²) in [5, 5.41) is 3.14. The van der Waals surface area contributed by atoms with Gasteiger partial charge >= 0.3 is 73.4 Å². The van der Waals surface area contributed by atoms with Crippen LogP contribution in [0.5, 0.6) is 0 Å². The predicted octanol–water partition coefficient (Wildman–Crippen LogP) is -0.309. The number of carbonyl (C=O) groups is 1. The van der Waals surface area contributed by atoms with Crippen molar-refractivity contribution in [2.24, 2.45) is 5.73 Å². The van der Waals surface area contributed by atoms with E-state index in [1.807, 2.05) is 0 Å². The fourth-order valence-corrected chi connectivity index (χ4v) is 10.0. The Kier molecular flexibility index (Phi) is 3.06. The van der Waals surface area contributed by atoms with Crippen LogP contribution in [0.4, 0.5) is 0 Å². The molecule has 0 aromatic heterocycles.